The van der Waals surface area contributed by atoms with Gasteiger partial charge in [-0.25, -0.2) is 0 Å². The van der Waals surface area contributed by atoms with Crippen LogP contribution in [0.25, 0.3) is 0 Å². The van der Waals surface area contributed by atoms with Gasteiger partial charge in [-0.05, 0) is 13.0 Å². The van der Waals surface area contributed by atoms with Crippen LogP contribution in [0.3, 0.4) is 0 Å². The summed E-state index contributed by atoms with van der Waals surface area (Å²) in [7, 11) is 0. The minimum atomic E-state index is -2.10. The van der Waals surface area contributed by atoms with Gasteiger partial charge in [-0.1, -0.05) is 6.58 Å². The molecule has 0 unspecified atom stereocenters. The Bertz CT molecular complexity index is 316. The largest absolute Gasteiger partial charge is 0.480 e. The van der Waals surface area contributed by atoms with Crippen LogP contribution in [-0.4, -0.2) is 27.9 Å². The van der Waals surface area contributed by atoms with Crippen LogP contribution in [0.1, 0.15) is 19.8 Å². The van der Waals surface area contributed by atoms with Crippen molar-refractivity contribution in [3.05, 3.63) is 18.4 Å². The van der Waals surface area contributed by atoms with E-state index in [0.29, 0.717) is 0 Å². The van der Waals surface area contributed by atoms with Crippen molar-refractivity contribution in [1.29, 1.82) is 0 Å². The van der Waals surface area contributed by atoms with E-state index in [9.17, 15) is 14.4 Å². The van der Waals surface area contributed by atoms with Gasteiger partial charge in [0.05, 0.1) is 0 Å². The van der Waals surface area contributed by atoms with E-state index in [4.69, 9.17) is 10.2 Å². The molecule has 0 heterocycles. The number of rotatable bonds is 6. The molecule has 0 fully saturated rings. The molecule has 0 saturated heterocycles. The number of Topliss-reactive ketones (excluding diaryl/α,β-unsaturated/α-hetero) is 1. The molecule has 0 spiro atoms. The van der Waals surface area contributed by atoms with Gasteiger partial charge >= 0.3 is 11.9 Å². The molecule has 0 aromatic rings. The Hall–Kier alpha value is -1.87. The third-order valence-corrected chi connectivity index (χ3v) is 1.96. The molecule has 15 heavy (non-hydrogen) atoms. The molecule has 5 heteroatoms. The maximum atomic E-state index is 10.9. The first-order valence-corrected chi connectivity index (χ1v) is 4.17. The number of ketones is 1. The Labute approximate surface area is 86.7 Å². The SMILES string of the molecule is C=C=CCC(CC(C)=O)(C(=O)O)C(=O)O. The molecule has 0 aromatic carbocycles. The Morgan fingerprint density at radius 2 is 1.80 bits per heavy atom. The summed E-state index contributed by atoms with van der Waals surface area (Å²) in [6.45, 7) is 4.36. The number of carbonyl (C=O) groups excluding carboxylic acids is 1. The maximum Gasteiger partial charge on any atom is 0.321 e. The van der Waals surface area contributed by atoms with Gasteiger partial charge in [-0.3, -0.25) is 14.4 Å². The number of carboxylic acids is 2. The molecule has 0 atom stereocenters. The normalized spacial score (nSPS) is 10.2. The highest BCUT2D eigenvalue weighted by molar-refractivity contribution is 6.02. The van der Waals surface area contributed by atoms with Crippen molar-refractivity contribution in [2.75, 3.05) is 0 Å². The quantitative estimate of drug-likeness (QED) is 0.503. The van der Waals surface area contributed by atoms with Gasteiger partial charge < -0.3 is 10.2 Å². The van der Waals surface area contributed by atoms with E-state index in [1.165, 1.54) is 6.08 Å². The van der Waals surface area contributed by atoms with Crippen molar-refractivity contribution < 1.29 is 24.6 Å². The van der Waals surface area contributed by atoms with E-state index in [-0.39, 0.29) is 6.42 Å². The molecule has 0 aliphatic rings. The fraction of sp³-hybridized carbons (Fsp3) is 0.400. The molecule has 0 aliphatic heterocycles. The Morgan fingerprint density at radius 3 is 2.07 bits per heavy atom. The topological polar surface area (TPSA) is 91.7 Å². The van der Waals surface area contributed by atoms with Crippen LogP contribution in [-0.2, 0) is 14.4 Å². The molecular formula is C10H12O5. The second-order valence-electron chi connectivity index (χ2n) is 3.18. The summed E-state index contributed by atoms with van der Waals surface area (Å²) in [5, 5.41) is 17.7. The lowest BCUT2D eigenvalue weighted by Gasteiger charge is -2.21. The molecule has 0 aromatic heterocycles. The van der Waals surface area contributed by atoms with Gasteiger partial charge in [0.25, 0.3) is 0 Å². The van der Waals surface area contributed by atoms with Gasteiger partial charge in [0, 0.05) is 12.8 Å². The first kappa shape index (κ1) is 13.1. The fourth-order valence-electron chi connectivity index (χ4n) is 1.16. The lowest BCUT2D eigenvalue weighted by Crippen LogP contribution is -2.40. The van der Waals surface area contributed by atoms with Gasteiger partial charge in [0.2, 0.25) is 0 Å². The van der Waals surface area contributed by atoms with Crippen LogP contribution < -0.4 is 0 Å². The summed E-state index contributed by atoms with van der Waals surface area (Å²) >= 11 is 0. The number of allylic oxidation sites excluding steroid dienone is 1. The third kappa shape index (κ3) is 3.07. The predicted octanol–water partition coefficient (Wildman–Crippen LogP) is 0.852. The number of hydrogen-bond acceptors (Lipinski definition) is 3. The Balaban J connectivity index is 5.25. The van der Waals surface area contributed by atoms with Crippen LogP contribution in [0.4, 0.5) is 0 Å². The van der Waals surface area contributed by atoms with Crippen LogP contribution >= 0.6 is 0 Å². The van der Waals surface area contributed by atoms with E-state index < -0.39 is 29.6 Å². The highest BCUT2D eigenvalue weighted by Crippen LogP contribution is 2.28. The van der Waals surface area contributed by atoms with E-state index >= 15 is 0 Å². The zero-order valence-electron chi connectivity index (χ0n) is 8.32. The van der Waals surface area contributed by atoms with Gasteiger partial charge in [0.1, 0.15) is 5.78 Å². The molecule has 5 nitrogen and oxygen atoms in total. The van der Waals surface area contributed by atoms with E-state index in [1.54, 1.807) is 0 Å². The maximum absolute atomic E-state index is 10.9. The second-order valence-corrected chi connectivity index (χ2v) is 3.18. The van der Waals surface area contributed by atoms with Gasteiger partial charge in [-0.15, -0.1) is 5.73 Å². The van der Waals surface area contributed by atoms with Crippen molar-refractivity contribution in [2.24, 2.45) is 5.41 Å². The first-order chi connectivity index (χ1) is 6.86. The van der Waals surface area contributed by atoms with E-state index in [1.807, 2.05) is 0 Å². The standard InChI is InChI=1S/C10H12O5/c1-3-4-5-10(8(12)13,9(14)15)6-7(2)11/h4H,1,5-6H2,2H3,(H,12,13)(H,14,15). The molecule has 82 valence electrons. The first-order valence-electron chi connectivity index (χ1n) is 4.17. The summed E-state index contributed by atoms with van der Waals surface area (Å²) in [4.78, 5) is 32.7. The van der Waals surface area contributed by atoms with E-state index in [0.717, 1.165) is 6.92 Å². The number of aliphatic carboxylic acids is 2. The predicted molar refractivity (Wildman–Crippen MR) is 51.3 cm³/mol. The summed E-state index contributed by atoms with van der Waals surface area (Å²) in [6.07, 6.45) is 0.349. The highest BCUT2D eigenvalue weighted by atomic mass is 16.4. The fourth-order valence-corrected chi connectivity index (χ4v) is 1.16. The number of hydrogen-bond donors (Lipinski definition) is 2. The van der Waals surface area contributed by atoms with Crippen molar-refractivity contribution in [3.63, 3.8) is 0 Å². The molecule has 0 saturated carbocycles. The zero-order valence-corrected chi connectivity index (χ0v) is 8.32. The number of carbonyl (C=O) groups is 3. The Morgan fingerprint density at radius 1 is 1.33 bits per heavy atom. The van der Waals surface area contributed by atoms with E-state index in [2.05, 4.69) is 12.3 Å². The smallest absolute Gasteiger partial charge is 0.321 e. The van der Waals surface area contributed by atoms with Crippen LogP contribution in [0.2, 0.25) is 0 Å². The van der Waals surface area contributed by atoms with Crippen LogP contribution in [0.15, 0.2) is 18.4 Å². The average molecular weight is 212 g/mol. The van der Waals surface area contributed by atoms with Crippen LogP contribution in [0, 0.1) is 5.41 Å². The molecule has 0 amide bonds. The minimum absolute atomic E-state index is 0.305. The lowest BCUT2D eigenvalue weighted by atomic mass is 9.80. The van der Waals surface area contributed by atoms with Gasteiger partial charge in [0.15, 0.2) is 5.41 Å². The van der Waals surface area contributed by atoms with Crippen molar-refractivity contribution in [1.82, 2.24) is 0 Å². The highest BCUT2D eigenvalue weighted by Gasteiger charge is 2.46. The van der Waals surface area contributed by atoms with Crippen molar-refractivity contribution in [3.8, 4) is 0 Å². The summed E-state index contributed by atoms with van der Waals surface area (Å²) in [6, 6.07) is 0. The molecule has 0 rings (SSSR count). The van der Waals surface area contributed by atoms with Gasteiger partial charge in [-0.2, -0.15) is 0 Å². The Kier molecular flexibility index (Phi) is 4.48. The summed E-state index contributed by atoms with van der Waals surface area (Å²) < 4.78 is 0. The molecule has 0 aliphatic carbocycles. The molecular weight excluding hydrogens is 200 g/mol. The molecule has 0 radical (unpaired) electrons. The third-order valence-electron chi connectivity index (χ3n) is 1.96. The monoisotopic (exact) mass is 212 g/mol. The second kappa shape index (κ2) is 5.12. The molecule has 0 bridgehead atoms. The average Bonchev–Trinajstić information content (AvgIpc) is 2.10. The minimum Gasteiger partial charge on any atom is -0.480 e. The van der Waals surface area contributed by atoms with Crippen molar-refractivity contribution >= 4 is 17.7 Å². The van der Waals surface area contributed by atoms with Crippen molar-refractivity contribution in [2.45, 2.75) is 19.8 Å². The summed E-state index contributed by atoms with van der Waals surface area (Å²) in [5.41, 5.74) is 0.192. The zero-order chi connectivity index (χ0) is 12.1. The number of carboxylic acid groups (broad SMARTS) is 2. The molecule has 2 N–H and O–H groups in total. The summed E-state index contributed by atoms with van der Waals surface area (Å²) in [5.74, 6) is -3.55. The van der Waals surface area contributed by atoms with Crippen LogP contribution in [0.5, 0.6) is 0 Å². The lowest BCUT2D eigenvalue weighted by molar-refractivity contribution is -0.166.